The molecule has 0 aromatic heterocycles. The minimum Gasteiger partial charge on any atom is -0.395 e. The third-order valence-corrected chi connectivity index (χ3v) is 5.99. The number of amides is 2. The number of piperazine rings is 1. The highest BCUT2D eigenvalue weighted by Crippen LogP contribution is 2.46. The highest BCUT2D eigenvalue weighted by molar-refractivity contribution is 6.09. The third kappa shape index (κ3) is 2.78. The van der Waals surface area contributed by atoms with E-state index >= 15 is 0 Å². The molecule has 6 nitrogen and oxygen atoms in total. The van der Waals surface area contributed by atoms with Crippen molar-refractivity contribution in [1.82, 2.24) is 14.7 Å². The molecular formula is C19H25N3O3. The smallest absolute Gasteiger partial charge is 0.241 e. The number of β-amino-alcohol motifs (C(OH)–C–C–N with tert-alkyl or cyclic N) is 1. The summed E-state index contributed by atoms with van der Waals surface area (Å²) in [5.41, 5.74) is 1.65. The van der Waals surface area contributed by atoms with Crippen LogP contribution in [0.3, 0.4) is 0 Å². The number of hydrogen-bond donors (Lipinski definition) is 1. The number of imide groups is 1. The maximum Gasteiger partial charge on any atom is 0.241 e. The van der Waals surface area contributed by atoms with Crippen molar-refractivity contribution in [2.45, 2.75) is 24.7 Å². The first-order valence-electron chi connectivity index (χ1n) is 9.13. The van der Waals surface area contributed by atoms with E-state index in [1.54, 1.807) is 0 Å². The van der Waals surface area contributed by atoms with Crippen molar-refractivity contribution in [3.63, 3.8) is 0 Å². The molecule has 2 fully saturated rings. The van der Waals surface area contributed by atoms with E-state index in [4.69, 9.17) is 5.11 Å². The van der Waals surface area contributed by atoms with Crippen LogP contribution in [0.25, 0.3) is 0 Å². The van der Waals surface area contributed by atoms with Crippen LogP contribution in [0, 0.1) is 0 Å². The zero-order valence-electron chi connectivity index (χ0n) is 14.5. The molecular weight excluding hydrogens is 318 g/mol. The first kappa shape index (κ1) is 16.7. The fourth-order valence-corrected chi connectivity index (χ4v) is 4.53. The van der Waals surface area contributed by atoms with Crippen molar-refractivity contribution in [3.05, 3.63) is 35.4 Å². The van der Waals surface area contributed by atoms with Gasteiger partial charge in [-0.15, -0.1) is 0 Å². The van der Waals surface area contributed by atoms with Crippen molar-refractivity contribution in [2.75, 3.05) is 46.0 Å². The van der Waals surface area contributed by atoms with Gasteiger partial charge in [-0.05, 0) is 24.0 Å². The first-order valence-corrected chi connectivity index (χ1v) is 9.13. The van der Waals surface area contributed by atoms with Crippen LogP contribution in [0.1, 0.15) is 24.0 Å². The second kappa shape index (κ2) is 6.52. The largest absolute Gasteiger partial charge is 0.395 e. The zero-order chi connectivity index (χ0) is 17.4. The molecule has 4 rings (SSSR count). The lowest BCUT2D eigenvalue weighted by molar-refractivity contribution is -0.142. The Kier molecular flexibility index (Phi) is 4.35. The van der Waals surface area contributed by atoms with Crippen LogP contribution in [0.15, 0.2) is 24.3 Å². The van der Waals surface area contributed by atoms with Crippen LogP contribution >= 0.6 is 0 Å². The molecule has 1 aromatic rings. The Morgan fingerprint density at radius 2 is 1.76 bits per heavy atom. The van der Waals surface area contributed by atoms with Gasteiger partial charge in [0.1, 0.15) is 0 Å². The van der Waals surface area contributed by atoms with E-state index < -0.39 is 5.41 Å². The molecule has 3 aliphatic rings. The molecule has 1 unspecified atom stereocenters. The summed E-state index contributed by atoms with van der Waals surface area (Å²) < 4.78 is 0. The van der Waals surface area contributed by atoms with Crippen molar-refractivity contribution < 1.29 is 14.7 Å². The normalized spacial score (nSPS) is 27.5. The lowest BCUT2D eigenvalue weighted by atomic mass is 9.80. The summed E-state index contributed by atoms with van der Waals surface area (Å²) in [6, 6.07) is 8.06. The van der Waals surface area contributed by atoms with Crippen LogP contribution in [-0.2, 0) is 21.4 Å². The lowest BCUT2D eigenvalue weighted by Crippen LogP contribution is -2.52. The van der Waals surface area contributed by atoms with Crippen molar-refractivity contribution in [2.24, 2.45) is 0 Å². The van der Waals surface area contributed by atoms with Crippen LogP contribution in [0.5, 0.6) is 0 Å². The van der Waals surface area contributed by atoms with E-state index in [2.05, 4.69) is 15.9 Å². The lowest BCUT2D eigenvalue weighted by Gasteiger charge is -2.36. The number of fused-ring (bicyclic) bond motifs is 2. The Bertz CT molecular complexity index is 684. The summed E-state index contributed by atoms with van der Waals surface area (Å²) in [5.74, 6) is -0.0558. The van der Waals surface area contributed by atoms with Crippen molar-refractivity contribution in [3.8, 4) is 0 Å². The van der Waals surface area contributed by atoms with Gasteiger partial charge in [0, 0.05) is 39.1 Å². The molecule has 2 aliphatic heterocycles. The van der Waals surface area contributed by atoms with Gasteiger partial charge in [0.25, 0.3) is 0 Å². The number of nitrogens with zero attached hydrogens (tertiary/aromatic N) is 3. The van der Waals surface area contributed by atoms with Crippen molar-refractivity contribution in [1.29, 1.82) is 0 Å². The summed E-state index contributed by atoms with van der Waals surface area (Å²) in [4.78, 5) is 31.7. The molecule has 1 aliphatic carbocycles. The number of carbonyl (C=O) groups excluding carboxylic acids is 2. The summed E-state index contributed by atoms with van der Waals surface area (Å²) >= 11 is 0. The summed E-state index contributed by atoms with van der Waals surface area (Å²) in [6.45, 7) is 4.63. The van der Waals surface area contributed by atoms with E-state index in [0.29, 0.717) is 19.6 Å². The fourth-order valence-electron chi connectivity index (χ4n) is 4.53. The topological polar surface area (TPSA) is 64.1 Å². The average Bonchev–Trinajstić information content (AvgIpc) is 3.11. The van der Waals surface area contributed by atoms with Gasteiger partial charge in [-0.1, -0.05) is 24.3 Å². The van der Waals surface area contributed by atoms with Gasteiger partial charge in [0.15, 0.2) is 0 Å². The van der Waals surface area contributed by atoms with E-state index in [-0.39, 0.29) is 18.4 Å². The van der Waals surface area contributed by atoms with Crippen LogP contribution in [0.2, 0.25) is 0 Å². The minimum atomic E-state index is -0.619. The van der Waals surface area contributed by atoms with E-state index in [0.717, 1.165) is 44.6 Å². The molecule has 0 bridgehead atoms. The summed E-state index contributed by atoms with van der Waals surface area (Å²) in [5, 5.41) is 9.03. The van der Waals surface area contributed by atoms with Crippen molar-refractivity contribution >= 4 is 11.8 Å². The van der Waals surface area contributed by atoms with E-state index in [9.17, 15) is 9.59 Å². The Balaban J connectivity index is 1.46. The quantitative estimate of drug-likeness (QED) is 0.791. The number of aliphatic hydroxyl groups is 1. The highest BCUT2D eigenvalue weighted by atomic mass is 16.3. The summed E-state index contributed by atoms with van der Waals surface area (Å²) in [6.07, 6.45) is 1.94. The SMILES string of the molecule is O=C1CC2(CCc3ccccc32)C(=O)N1CN1CCN(CCO)CC1. The highest BCUT2D eigenvalue weighted by Gasteiger charge is 2.55. The molecule has 2 amide bonds. The second-order valence-corrected chi connectivity index (χ2v) is 7.37. The standard InChI is InChI=1S/C19H25N3O3/c23-12-11-20-7-9-21(10-8-20)14-22-17(24)13-19(18(22)25)6-5-15-3-1-2-4-16(15)19/h1-4,23H,5-14H2. The predicted molar refractivity (Wildman–Crippen MR) is 92.9 cm³/mol. The van der Waals surface area contributed by atoms with Gasteiger partial charge >= 0.3 is 0 Å². The molecule has 134 valence electrons. The maximum absolute atomic E-state index is 13.2. The van der Waals surface area contributed by atoms with Gasteiger partial charge in [0.05, 0.1) is 18.7 Å². The zero-order valence-corrected chi connectivity index (χ0v) is 14.5. The monoisotopic (exact) mass is 343 g/mol. The van der Waals surface area contributed by atoms with Gasteiger partial charge in [-0.25, -0.2) is 0 Å². The third-order valence-electron chi connectivity index (χ3n) is 5.99. The molecule has 6 heteroatoms. The van der Waals surface area contributed by atoms with E-state index in [1.165, 1.54) is 10.5 Å². The number of rotatable bonds is 4. The Morgan fingerprint density at radius 1 is 1.04 bits per heavy atom. The van der Waals surface area contributed by atoms with Gasteiger partial charge in [-0.3, -0.25) is 24.3 Å². The predicted octanol–water partition coefficient (Wildman–Crippen LogP) is 0.197. The van der Waals surface area contributed by atoms with Crippen LogP contribution in [-0.4, -0.2) is 77.6 Å². The second-order valence-electron chi connectivity index (χ2n) is 7.37. The fraction of sp³-hybridized carbons (Fsp3) is 0.579. The number of hydrogen-bond acceptors (Lipinski definition) is 5. The van der Waals surface area contributed by atoms with Crippen LogP contribution in [0.4, 0.5) is 0 Å². The Labute approximate surface area is 148 Å². The number of carbonyl (C=O) groups is 2. The average molecular weight is 343 g/mol. The van der Waals surface area contributed by atoms with E-state index in [1.807, 2.05) is 18.2 Å². The molecule has 1 atom stereocenters. The molecule has 2 heterocycles. The number of aryl methyl sites for hydroxylation is 1. The Hall–Kier alpha value is -1.76. The maximum atomic E-state index is 13.2. The first-order chi connectivity index (χ1) is 12.1. The number of aliphatic hydroxyl groups excluding tert-OH is 1. The van der Waals surface area contributed by atoms with Crippen LogP contribution < -0.4 is 0 Å². The molecule has 0 radical (unpaired) electrons. The molecule has 1 aromatic carbocycles. The molecule has 2 saturated heterocycles. The Morgan fingerprint density at radius 3 is 2.52 bits per heavy atom. The molecule has 1 N–H and O–H groups in total. The molecule has 1 spiro atoms. The minimum absolute atomic E-state index is 0.0137. The summed E-state index contributed by atoms with van der Waals surface area (Å²) in [7, 11) is 0. The van der Waals surface area contributed by atoms with Gasteiger partial charge < -0.3 is 5.11 Å². The van der Waals surface area contributed by atoms with Gasteiger partial charge in [-0.2, -0.15) is 0 Å². The van der Waals surface area contributed by atoms with Gasteiger partial charge in [0.2, 0.25) is 11.8 Å². The number of benzene rings is 1. The molecule has 25 heavy (non-hydrogen) atoms. The number of likely N-dealkylation sites (tertiary alicyclic amines) is 1. The molecule has 0 saturated carbocycles.